The molecule has 0 N–H and O–H groups in total. The molecule has 0 bridgehead atoms. The fourth-order valence-corrected chi connectivity index (χ4v) is 2.99. The number of ether oxygens (including phenoxy) is 1. The van der Waals surface area contributed by atoms with Gasteiger partial charge in [0.05, 0.1) is 6.54 Å². The van der Waals surface area contributed by atoms with Gasteiger partial charge in [-0.1, -0.05) is 0 Å². The maximum Gasteiger partial charge on any atom is 0.253 e. The maximum atomic E-state index is 12.7. The zero-order valence-electron chi connectivity index (χ0n) is 13.7. The third-order valence-corrected chi connectivity index (χ3v) is 4.29. The van der Waals surface area contributed by atoms with Crippen molar-refractivity contribution in [3.63, 3.8) is 0 Å². The van der Waals surface area contributed by atoms with E-state index in [1.165, 1.54) is 6.33 Å². The molecule has 25 heavy (non-hydrogen) atoms. The van der Waals surface area contributed by atoms with E-state index in [4.69, 9.17) is 4.74 Å². The number of amides is 1. The Labute approximate surface area is 145 Å². The van der Waals surface area contributed by atoms with Gasteiger partial charge in [0.2, 0.25) is 5.88 Å². The highest BCUT2D eigenvalue weighted by molar-refractivity contribution is 5.94. The average Bonchev–Trinajstić information content (AvgIpc) is 3.34. The molecule has 1 saturated heterocycles. The normalized spacial score (nSPS) is 16.8. The monoisotopic (exact) mass is 334 g/mol. The summed E-state index contributed by atoms with van der Waals surface area (Å²) in [5.41, 5.74) is 1.73. The van der Waals surface area contributed by atoms with E-state index in [0.717, 1.165) is 12.1 Å². The number of hydrogen-bond donors (Lipinski definition) is 0. The second kappa shape index (κ2) is 6.76. The quantitative estimate of drug-likeness (QED) is 0.736. The predicted octanol–water partition coefficient (Wildman–Crippen LogP) is 2.56. The predicted molar refractivity (Wildman–Crippen MR) is 92.7 cm³/mol. The zero-order chi connectivity index (χ0) is 17.1. The van der Waals surface area contributed by atoms with E-state index in [2.05, 4.69) is 9.97 Å². The highest BCUT2D eigenvalue weighted by Crippen LogP contribution is 2.19. The second-order valence-corrected chi connectivity index (χ2v) is 5.96. The minimum absolute atomic E-state index is 0.0296. The van der Waals surface area contributed by atoms with Crippen LogP contribution in [0.25, 0.3) is 5.69 Å². The number of rotatable bonds is 4. The molecule has 0 unspecified atom stereocenters. The number of hydrogen-bond acceptors (Lipinski definition) is 4. The number of carbonyl (C=O) groups is 1. The molecule has 1 aliphatic heterocycles. The Balaban J connectivity index is 1.40. The van der Waals surface area contributed by atoms with Gasteiger partial charge in [-0.25, -0.2) is 9.97 Å². The van der Waals surface area contributed by atoms with Gasteiger partial charge in [0.25, 0.3) is 5.91 Å². The van der Waals surface area contributed by atoms with Crippen molar-refractivity contribution in [1.82, 2.24) is 19.4 Å². The van der Waals surface area contributed by atoms with Gasteiger partial charge in [-0.3, -0.25) is 4.79 Å². The van der Waals surface area contributed by atoms with Gasteiger partial charge in [-0.05, 0) is 36.4 Å². The lowest BCUT2D eigenvalue weighted by Crippen LogP contribution is -2.31. The lowest BCUT2D eigenvalue weighted by atomic mass is 10.2. The number of aromatic nitrogens is 3. The molecule has 126 valence electrons. The van der Waals surface area contributed by atoms with E-state index in [-0.39, 0.29) is 12.0 Å². The third kappa shape index (κ3) is 3.38. The van der Waals surface area contributed by atoms with E-state index in [1.807, 2.05) is 58.3 Å². The van der Waals surface area contributed by atoms with Gasteiger partial charge in [-0.15, -0.1) is 0 Å². The summed E-state index contributed by atoms with van der Waals surface area (Å²) in [5.74, 6) is 0.582. The SMILES string of the molecule is O=C(c1ccc(-n2cccc2)cc1)N1CC[C@H](Oc2ccncn2)C1. The van der Waals surface area contributed by atoms with E-state index >= 15 is 0 Å². The largest absolute Gasteiger partial charge is 0.472 e. The van der Waals surface area contributed by atoms with Crippen molar-refractivity contribution in [3.05, 3.63) is 72.9 Å². The van der Waals surface area contributed by atoms with Crippen LogP contribution < -0.4 is 4.74 Å². The number of nitrogens with zero attached hydrogens (tertiary/aromatic N) is 4. The standard InChI is InChI=1S/C19H18N4O2/c24-19(15-3-5-16(6-4-15)22-10-1-2-11-22)23-12-8-17(13-23)25-18-7-9-20-14-21-18/h1-7,9-11,14,17H,8,12-13H2/t17-/m0/s1. The van der Waals surface area contributed by atoms with Crippen molar-refractivity contribution in [2.24, 2.45) is 0 Å². The van der Waals surface area contributed by atoms with Crippen molar-refractivity contribution in [1.29, 1.82) is 0 Å². The molecule has 1 aliphatic rings. The Morgan fingerprint density at radius 3 is 2.64 bits per heavy atom. The van der Waals surface area contributed by atoms with Crippen molar-refractivity contribution in [2.75, 3.05) is 13.1 Å². The molecule has 0 aliphatic carbocycles. The number of likely N-dealkylation sites (tertiary alicyclic amines) is 1. The first kappa shape index (κ1) is 15.4. The van der Waals surface area contributed by atoms with Crippen molar-refractivity contribution >= 4 is 5.91 Å². The van der Waals surface area contributed by atoms with Crippen LogP contribution in [0.2, 0.25) is 0 Å². The van der Waals surface area contributed by atoms with Crippen molar-refractivity contribution in [3.8, 4) is 11.6 Å². The molecule has 3 aromatic rings. The highest BCUT2D eigenvalue weighted by Gasteiger charge is 2.28. The zero-order valence-corrected chi connectivity index (χ0v) is 13.7. The smallest absolute Gasteiger partial charge is 0.253 e. The molecule has 0 radical (unpaired) electrons. The van der Waals surface area contributed by atoms with Crippen LogP contribution in [-0.4, -0.2) is 44.5 Å². The molecule has 0 saturated carbocycles. The van der Waals surface area contributed by atoms with Crippen molar-refractivity contribution < 1.29 is 9.53 Å². The van der Waals surface area contributed by atoms with Crippen LogP contribution in [0.3, 0.4) is 0 Å². The van der Waals surface area contributed by atoms with E-state index < -0.39 is 0 Å². The average molecular weight is 334 g/mol. The van der Waals surface area contributed by atoms with Gasteiger partial charge in [0, 0.05) is 48.9 Å². The first-order valence-electron chi connectivity index (χ1n) is 8.25. The first-order chi connectivity index (χ1) is 12.3. The number of carbonyl (C=O) groups excluding carboxylic acids is 1. The minimum Gasteiger partial charge on any atom is -0.472 e. The Kier molecular flexibility index (Phi) is 4.16. The van der Waals surface area contributed by atoms with Crippen LogP contribution in [0.1, 0.15) is 16.8 Å². The molecule has 0 spiro atoms. The van der Waals surface area contributed by atoms with Gasteiger partial charge in [-0.2, -0.15) is 0 Å². The van der Waals surface area contributed by atoms with Crippen molar-refractivity contribution in [2.45, 2.75) is 12.5 Å². The van der Waals surface area contributed by atoms with Gasteiger partial charge >= 0.3 is 0 Å². The minimum atomic E-state index is -0.0296. The molecular weight excluding hydrogens is 316 g/mol. The molecular formula is C19H18N4O2. The molecule has 2 aromatic heterocycles. The Hall–Kier alpha value is -3.15. The molecule has 1 aromatic carbocycles. The van der Waals surface area contributed by atoms with E-state index in [9.17, 15) is 4.79 Å². The van der Waals surface area contributed by atoms with Gasteiger partial charge in [0.1, 0.15) is 12.4 Å². The lowest BCUT2D eigenvalue weighted by molar-refractivity contribution is 0.0771. The number of benzene rings is 1. The summed E-state index contributed by atoms with van der Waals surface area (Å²) < 4.78 is 7.82. The summed E-state index contributed by atoms with van der Waals surface area (Å²) in [6.45, 7) is 1.26. The summed E-state index contributed by atoms with van der Waals surface area (Å²) in [4.78, 5) is 22.4. The van der Waals surface area contributed by atoms with E-state index in [0.29, 0.717) is 24.5 Å². The Bertz CT molecular complexity index is 832. The fourth-order valence-electron chi connectivity index (χ4n) is 2.99. The van der Waals surface area contributed by atoms with Gasteiger partial charge < -0.3 is 14.2 Å². The highest BCUT2D eigenvalue weighted by atomic mass is 16.5. The lowest BCUT2D eigenvalue weighted by Gasteiger charge is -2.17. The topological polar surface area (TPSA) is 60.2 Å². The summed E-state index contributed by atoms with van der Waals surface area (Å²) in [6, 6.07) is 13.3. The maximum absolute atomic E-state index is 12.7. The first-order valence-corrected chi connectivity index (χ1v) is 8.25. The van der Waals surface area contributed by atoms with Crippen LogP contribution in [0.5, 0.6) is 5.88 Å². The molecule has 4 rings (SSSR count). The molecule has 3 heterocycles. The summed E-state index contributed by atoms with van der Waals surface area (Å²) in [6.07, 6.45) is 7.83. The van der Waals surface area contributed by atoms with Gasteiger partial charge in [0.15, 0.2) is 0 Å². The van der Waals surface area contributed by atoms with Crippen LogP contribution in [0, 0.1) is 0 Å². The molecule has 1 atom stereocenters. The van der Waals surface area contributed by atoms with Crippen LogP contribution in [0.15, 0.2) is 67.4 Å². The molecule has 1 fully saturated rings. The summed E-state index contributed by atoms with van der Waals surface area (Å²) in [5, 5.41) is 0. The van der Waals surface area contributed by atoms with E-state index in [1.54, 1.807) is 12.3 Å². The Morgan fingerprint density at radius 1 is 1.12 bits per heavy atom. The van der Waals surface area contributed by atoms with Crippen LogP contribution in [-0.2, 0) is 0 Å². The molecule has 6 heteroatoms. The second-order valence-electron chi connectivity index (χ2n) is 5.96. The molecule has 6 nitrogen and oxygen atoms in total. The third-order valence-electron chi connectivity index (χ3n) is 4.29. The van der Waals surface area contributed by atoms with Crippen LogP contribution >= 0.6 is 0 Å². The summed E-state index contributed by atoms with van der Waals surface area (Å²) in [7, 11) is 0. The van der Waals surface area contributed by atoms with Crippen LogP contribution in [0.4, 0.5) is 0 Å². The summed E-state index contributed by atoms with van der Waals surface area (Å²) >= 11 is 0. The molecule has 1 amide bonds. The fraction of sp³-hybridized carbons (Fsp3) is 0.211. The Morgan fingerprint density at radius 2 is 1.92 bits per heavy atom.